The Morgan fingerprint density at radius 3 is 2.22 bits per heavy atom. The topological polar surface area (TPSA) is 82.1 Å². The number of carbonyl (C=O) groups is 1. The maximum absolute atomic E-state index is 11.4. The highest BCUT2D eigenvalue weighted by Gasteiger charge is 2.22. The van der Waals surface area contributed by atoms with Gasteiger partial charge in [-0.15, -0.1) is 0 Å². The second-order valence-corrected chi connectivity index (χ2v) is 6.30. The van der Waals surface area contributed by atoms with E-state index in [4.69, 9.17) is 9.05 Å². The van der Waals surface area contributed by atoms with Crippen LogP contribution in [0.4, 0.5) is 0 Å². The molecule has 1 atom stereocenters. The molecule has 0 aliphatic carbocycles. The Balaban J connectivity index is 3.67. The van der Waals surface area contributed by atoms with Crippen LogP contribution in [0.3, 0.4) is 0 Å². The minimum absolute atomic E-state index is 0.00539. The van der Waals surface area contributed by atoms with Crippen molar-refractivity contribution in [3.8, 4) is 0 Å². The molecule has 8 heteroatoms. The van der Waals surface area contributed by atoms with E-state index in [9.17, 15) is 14.3 Å². The molecule has 0 aromatic carbocycles. The molecule has 0 aliphatic heterocycles. The molecule has 108 valence electrons. The lowest BCUT2D eigenvalue weighted by molar-refractivity contribution is -0.870. The Hall–Kier alpha value is -0.460. The fourth-order valence-electron chi connectivity index (χ4n) is 0.922. The van der Waals surface area contributed by atoms with Crippen LogP contribution in [-0.4, -0.2) is 62.9 Å². The first kappa shape index (κ1) is 17.5. The second kappa shape index (κ2) is 7.86. The molecule has 0 amide bonds. The summed E-state index contributed by atoms with van der Waals surface area (Å²) in [5, 5.41) is 0. The third-order valence-electron chi connectivity index (χ3n) is 1.86. The van der Waals surface area contributed by atoms with Crippen molar-refractivity contribution in [1.29, 1.82) is 0 Å². The molecule has 0 bridgehead atoms. The van der Waals surface area contributed by atoms with Crippen LogP contribution in [0.5, 0.6) is 0 Å². The normalized spacial score (nSPS) is 15.2. The summed E-state index contributed by atoms with van der Waals surface area (Å²) in [5.74, 6) is -0.388. The van der Waals surface area contributed by atoms with E-state index in [1.807, 2.05) is 21.1 Å². The number of likely N-dealkylation sites (N-methyl/N-ethyl adjacent to an activating group) is 1. The van der Waals surface area contributed by atoms with Crippen molar-refractivity contribution in [2.45, 2.75) is 13.3 Å². The zero-order valence-electron chi connectivity index (χ0n) is 11.4. The molecule has 18 heavy (non-hydrogen) atoms. The third-order valence-corrected chi connectivity index (χ3v) is 2.88. The van der Waals surface area contributed by atoms with Gasteiger partial charge in [0.15, 0.2) is 0 Å². The molecule has 0 aliphatic rings. The number of quaternary nitrogens is 1. The van der Waals surface area contributed by atoms with Gasteiger partial charge in [0.2, 0.25) is 0 Å². The van der Waals surface area contributed by atoms with Gasteiger partial charge in [-0.25, -0.2) is 4.57 Å². The van der Waals surface area contributed by atoms with E-state index >= 15 is 0 Å². The molecule has 1 unspecified atom stereocenters. The van der Waals surface area contributed by atoms with Crippen LogP contribution in [0.25, 0.3) is 0 Å². The summed E-state index contributed by atoms with van der Waals surface area (Å²) < 4.78 is 26.2. The van der Waals surface area contributed by atoms with Crippen LogP contribution in [0.2, 0.25) is 0 Å². The molecule has 0 aromatic heterocycles. The average molecular weight is 284 g/mol. The van der Waals surface area contributed by atoms with E-state index in [-0.39, 0.29) is 25.8 Å². The number of hydrogen-bond acceptors (Lipinski definition) is 5. The summed E-state index contributed by atoms with van der Waals surface area (Å²) in [5.41, 5.74) is 0. The SMILES string of the molecule is CC(=O)OCCCOP(=O)(O)OCC[N+](C)(C)C. The Morgan fingerprint density at radius 1 is 1.17 bits per heavy atom. The average Bonchev–Trinajstić information content (AvgIpc) is 2.13. The van der Waals surface area contributed by atoms with E-state index in [0.717, 1.165) is 0 Å². The number of nitrogens with zero attached hydrogens (tertiary/aromatic N) is 1. The van der Waals surface area contributed by atoms with Crippen molar-refractivity contribution in [3.63, 3.8) is 0 Å². The lowest BCUT2D eigenvalue weighted by atomic mass is 10.5. The Morgan fingerprint density at radius 2 is 1.72 bits per heavy atom. The Kier molecular flexibility index (Phi) is 7.66. The molecule has 0 rings (SSSR count). The number of esters is 1. The summed E-state index contributed by atoms with van der Waals surface area (Å²) in [6.07, 6.45) is 0.350. The largest absolute Gasteiger partial charge is 0.472 e. The predicted molar refractivity (Wildman–Crippen MR) is 65.9 cm³/mol. The third kappa shape index (κ3) is 12.0. The fourth-order valence-corrected chi connectivity index (χ4v) is 1.67. The first-order valence-corrected chi connectivity index (χ1v) is 7.18. The first-order chi connectivity index (χ1) is 8.12. The van der Waals surface area contributed by atoms with E-state index in [2.05, 4.69) is 4.74 Å². The predicted octanol–water partition coefficient (Wildman–Crippen LogP) is 0.779. The monoisotopic (exact) mass is 284 g/mol. The van der Waals surface area contributed by atoms with Crippen LogP contribution in [-0.2, 0) is 23.1 Å². The zero-order chi connectivity index (χ0) is 14.2. The van der Waals surface area contributed by atoms with Crippen LogP contribution in [0.1, 0.15) is 13.3 Å². The molecule has 0 saturated carbocycles. The highest BCUT2D eigenvalue weighted by molar-refractivity contribution is 7.47. The van der Waals surface area contributed by atoms with Gasteiger partial charge in [0.25, 0.3) is 0 Å². The molecule has 0 aromatic rings. The molecule has 0 radical (unpaired) electrons. The van der Waals surface area contributed by atoms with Crippen molar-refractivity contribution < 1.29 is 32.5 Å². The van der Waals surface area contributed by atoms with Gasteiger partial charge in [-0.2, -0.15) is 0 Å². The van der Waals surface area contributed by atoms with Crippen LogP contribution in [0, 0.1) is 0 Å². The van der Waals surface area contributed by atoms with Gasteiger partial charge in [-0.3, -0.25) is 13.8 Å². The summed E-state index contributed by atoms with van der Waals surface area (Å²) in [4.78, 5) is 19.8. The maximum Gasteiger partial charge on any atom is 0.472 e. The Labute approximate surface area is 108 Å². The van der Waals surface area contributed by atoms with E-state index in [1.165, 1.54) is 6.92 Å². The summed E-state index contributed by atoms with van der Waals surface area (Å²) in [6, 6.07) is 0. The number of rotatable bonds is 9. The maximum atomic E-state index is 11.4. The molecule has 0 saturated heterocycles. The summed E-state index contributed by atoms with van der Waals surface area (Å²) in [6.45, 7) is 2.20. The van der Waals surface area contributed by atoms with Gasteiger partial charge in [-0.1, -0.05) is 0 Å². The fraction of sp³-hybridized carbons (Fsp3) is 0.900. The number of carbonyl (C=O) groups excluding carboxylic acids is 1. The molecule has 1 N–H and O–H groups in total. The highest BCUT2D eigenvalue weighted by Crippen LogP contribution is 2.42. The van der Waals surface area contributed by atoms with Gasteiger partial charge in [0, 0.05) is 13.3 Å². The van der Waals surface area contributed by atoms with Gasteiger partial charge in [-0.05, 0) is 0 Å². The van der Waals surface area contributed by atoms with Crippen molar-refractivity contribution in [3.05, 3.63) is 0 Å². The number of phosphoric ester groups is 1. The Bertz CT molecular complexity index is 301. The molecule has 7 nitrogen and oxygen atoms in total. The van der Waals surface area contributed by atoms with Crippen LogP contribution in [0.15, 0.2) is 0 Å². The van der Waals surface area contributed by atoms with E-state index in [1.54, 1.807) is 0 Å². The van der Waals surface area contributed by atoms with Crippen LogP contribution >= 0.6 is 7.82 Å². The van der Waals surface area contributed by atoms with Gasteiger partial charge >= 0.3 is 13.8 Å². The molecular formula is C10H23NO6P+. The van der Waals surface area contributed by atoms with Gasteiger partial charge < -0.3 is 14.1 Å². The second-order valence-electron chi connectivity index (χ2n) is 4.84. The summed E-state index contributed by atoms with van der Waals surface area (Å²) >= 11 is 0. The molecule has 0 heterocycles. The lowest BCUT2D eigenvalue weighted by Gasteiger charge is -2.24. The number of phosphoric acid groups is 1. The quantitative estimate of drug-likeness (QED) is 0.291. The number of hydrogen-bond donors (Lipinski definition) is 1. The standard InChI is InChI=1S/C10H22NO6P/c1-10(12)15-7-5-8-16-18(13,14)17-9-6-11(2,3)4/h5-9H2,1-4H3/p+1. The molecule has 0 fully saturated rings. The lowest BCUT2D eigenvalue weighted by Crippen LogP contribution is -2.37. The first-order valence-electron chi connectivity index (χ1n) is 5.68. The zero-order valence-corrected chi connectivity index (χ0v) is 12.3. The minimum atomic E-state index is -3.99. The molecular weight excluding hydrogens is 261 g/mol. The van der Waals surface area contributed by atoms with Crippen molar-refractivity contribution in [2.24, 2.45) is 0 Å². The van der Waals surface area contributed by atoms with E-state index in [0.29, 0.717) is 17.4 Å². The smallest absolute Gasteiger partial charge is 0.466 e. The highest BCUT2D eigenvalue weighted by atomic mass is 31.2. The number of ether oxygens (including phenoxy) is 1. The molecule has 0 spiro atoms. The van der Waals surface area contributed by atoms with Gasteiger partial charge in [0.1, 0.15) is 13.2 Å². The summed E-state index contributed by atoms with van der Waals surface area (Å²) in [7, 11) is 1.86. The minimum Gasteiger partial charge on any atom is -0.466 e. The van der Waals surface area contributed by atoms with Crippen molar-refractivity contribution in [2.75, 3.05) is 47.5 Å². The van der Waals surface area contributed by atoms with E-state index < -0.39 is 7.82 Å². The van der Waals surface area contributed by atoms with Crippen LogP contribution < -0.4 is 0 Å². The van der Waals surface area contributed by atoms with Gasteiger partial charge in [0.05, 0.1) is 34.4 Å². The van der Waals surface area contributed by atoms with Crippen molar-refractivity contribution in [1.82, 2.24) is 0 Å². The van der Waals surface area contributed by atoms with Crippen molar-refractivity contribution >= 4 is 13.8 Å².